The van der Waals surface area contributed by atoms with Crippen molar-refractivity contribution in [1.82, 2.24) is 19.8 Å². The van der Waals surface area contributed by atoms with Gasteiger partial charge in [-0.3, -0.25) is 4.90 Å². The number of nitrogen functional groups attached to an aromatic ring is 1. The molecule has 1 aliphatic rings. The largest absolute Gasteiger partial charge is 0.373 e. The molecular formula is C12H23N7. The summed E-state index contributed by atoms with van der Waals surface area (Å²) in [5.74, 6) is 1.77. The van der Waals surface area contributed by atoms with Crippen LogP contribution in [0.1, 0.15) is 0 Å². The number of anilines is 3. The van der Waals surface area contributed by atoms with Gasteiger partial charge in [0.2, 0.25) is 5.95 Å². The van der Waals surface area contributed by atoms with Gasteiger partial charge < -0.3 is 21.3 Å². The van der Waals surface area contributed by atoms with Gasteiger partial charge in [0.15, 0.2) is 0 Å². The summed E-state index contributed by atoms with van der Waals surface area (Å²) in [6.07, 6.45) is 0. The number of hydrogen-bond acceptors (Lipinski definition) is 7. The monoisotopic (exact) mass is 265 g/mol. The van der Waals surface area contributed by atoms with Crippen molar-refractivity contribution in [1.29, 1.82) is 0 Å². The SMILES string of the molecule is CNc1cc(NCC2CN(C)CCN2C)nc(N)n1. The molecule has 1 aromatic rings. The first-order chi connectivity index (χ1) is 9.08. The first-order valence-corrected chi connectivity index (χ1v) is 6.53. The number of nitrogens with zero attached hydrogens (tertiary/aromatic N) is 4. The van der Waals surface area contributed by atoms with Crippen molar-refractivity contribution in [3.63, 3.8) is 0 Å². The van der Waals surface area contributed by atoms with E-state index >= 15 is 0 Å². The molecule has 7 nitrogen and oxygen atoms in total. The van der Waals surface area contributed by atoms with Gasteiger partial charge in [-0.05, 0) is 14.1 Å². The molecule has 0 saturated carbocycles. The van der Waals surface area contributed by atoms with Crippen LogP contribution in [0.2, 0.25) is 0 Å². The minimum Gasteiger partial charge on any atom is -0.373 e. The van der Waals surface area contributed by atoms with E-state index < -0.39 is 0 Å². The molecule has 0 radical (unpaired) electrons. The quantitative estimate of drug-likeness (QED) is 0.693. The van der Waals surface area contributed by atoms with Crippen molar-refractivity contribution in [3.05, 3.63) is 6.07 Å². The van der Waals surface area contributed by atoms with E-state index in [4.69, 9.17) is 5.73 Å². The van der Waals surface area contributed by atoms with Crippen LogP contribution >= 0.6 is 0 Å². The molecule has 1 aromatic heterocycles. The molecular weight excluding hydrogens is 242 g/mol. The highest BCUT2D eigenvalue weighted by molar-refractivity contribution is 5.50. The van der Waals surface area contributed by atoms with Crippen molar-refractivity contribution in [2.75, 3.05) is 63.7 Å². The Labute approximate surface area is 114 Å². The minimum atomic E-state index is 0.281. The normalized spacial score (nSPS) is 21.3. The van der Waals surface area contributed by atoms with Crippen LogP contribution in [0, 0.1) is 0 Å². The maximum absolute atomic E-state index is 5.67. The lowest BCUT2D eigenvalue weighted by Gasteiger charge is -2.37. The lowest BCUT2D eigenvalue weighted by atomic mass is 10.2. The second-order valence-electron chi connectivity index (χ2n) is 5.02. The van der Waals surface area contributed by atoms with Crippen LogP contribution < -0.4 is 16.4 Å². The third-order valence-electron chi connectivity index (χ3n) is 3.50. The molecule has 1 fully saturated rings. The Balaban J connectivity index is 1.96. The number of aromatic nitrogens is 2. The zero-order valence-corrected chi connectivity index (χ0v) is 11.8. The summed E-state index contributed by atoms with van der Waals surface area (Å²) in [7, 11) is 6.13. The summed E-state index contributed by atoms with van der Waals surface area (Å²) >= 11 is 0. The van der Waals surface area contributed by atoms with E-state index in [1.807, 2.05) is 13.1 Å². The van der Waals surface area contributed by atoms with Crippen molar-refractivity contribution in [3.8, 4) is 0 Å². The lowest BCUT2D eigenvalue weighted by Crippen LogP contribution is -2.52. The molecule has 0 spiro atoms. The van der Waals surface area contributed by atoms with Crippen molar-refractivity contribution >= 4 is 17.6 Å². The molecule has 2 heterocycles. The van der Waals surface area contributed by atoms with Gasteiger partial charge in [0.05, 0.1) is 0 Å². The third kappa shape index (κ3) is 3.68. The summed E-state index contributed by atoms with van der Waals surface area (Å²) in [6.45, 7) is 4.12. The Bertz CT molecular complexity index is 423. The molecule has 0 aromatic carbocycles. The molecule has 0 amide bonds. The molecule has 0 bridgehead atoms. The number of hydrogen-bond donors (Lipinski definition) is 3. The number of nitrogens with two attached hydrogens (primary N) is 1. The van der Waals surface area contributed by atoms with E-state index in [1.54, 1.807) is 0 Å². The molecule has 1 saturated heterocycles. The topological polar surface area (TPSA) is 82.3 Å². The fraction of sp³-hybridized carbons (Fsp3) is 0.667. The summed E-state index contributed by atoms with van der Waals surface area (Å²) in [4.78, 5) is 13.0. The molecule has 4 N–H and O–H groups in total. The summed E-state index contributed by atoms with van der Waals surface area (Å²) in [6, 6.07) is 2.34. The smallest absolute Gasteiger partial charge is 0.223 e. The highest BCUT2D eigenvalue weighted by Crippen LogP contribution is 2.13. The van der Waals surface area contributed by atoms with Crippen LogP contribution in [0.25, 0.3) is 0 Å². The highest BCUT2D eigenvalue weighted by Gasteiger charge is 2.21. The second-order valence-corrected chi connectivity index (χ2v) is 5.02. The molecule has 2 rings (SSSR count). The van der Waals surface area contributed by atoms with Crippen LogP contribution in [0.3, 0.4) is 0 Å². The average Bonchev–Trinajstić information content (AvgIpc) is 2.39. The maximum Gasteiger partial charge on any atom is 0.223 e. The Hall–Kier alpha value is -1.60. The Morgan fingerprint density at radius 1 is 1.32 bits per heavy atom. The van der Waals surface area contributed by atoms with Crippen LogP contribution in [0.15, 0.2) is 6.07 Å². The fourth-order valence-corrected chi connectivity index (χ4v) is 2.23. The van der Waals surface area contributed by atoms with Gasteiger partial charge in [0.25, 0.3) is 0 Å². The standard InChI is InChI=1S/C12H23N7/c1-14-10-6-11(17-12(13)16-10)15-7-9-8-18(2)4-5-19(9)3/h6,9H,4-5,7-8H2,1-3H3,(H4,13,14,15,16,17). The van der Waals surface area contributed by atoms with Crippen LogP contribution in [-0.4, -0.2) is 73.1 Å². The molecule has 0 aliphatic carbocycles. The van der Waals surface area contributed by atoms with Gasteiger partial charge in [-0.1, -0.05) is 0 Å². The predicted molar refractivity (Wildman–Crippen MR) is 78.4 cm³/mol. The Kier molecular flexibility index (Phi) is 4.39. The van der Waals surface area contributed by atoms with E-state index in [9.17, 15) is 0 Å². The zero-order valence-electron chi connectivity index (χ0n) is 11.8. The van der Waals surface area contributed by atoms with Crippen molar-refractivity contribution < 1.29 is 0 Å². The van der Waals surface area contributed by atoms with Crippen LogP contribution in [0.4, 0.5) is 17.6 Å². The van der Waals surface area contributed by atoms with Crippen molar-refractivity contribution in [2.45, 2.75) is 6.04 Å². The predicted octanol–water partition coefficient (Wildman–Crippen LogP) is -0.242. The van der Waals surface area contributed by atoms with E-state index in [1.165, 1.54) is 0 Å². The third-order valence-corrected chi connectivity index (χ3v) is 3.50. The average molecular weight is 265 g/mol. The molecule has 1 aliphatic heterocycles. The van der Waals surface area contributed by atoms with Gasteiger partial charge in [0.1, 0.15) is 11.6 Å². The fourth-order valence-electron chi connectivity index (χ4n) is 2.23. The molecule has 106 valence electrons. The van der Waals surface area contributed by atoms with Gasteiger partial charge in [-0.25, -0.2) is 0 Å². The van der Waals surface area contributed by atoms with E-state index in [2.05, 4.69) is 44.5 Å². The van der Waals surface area contributed by atoms with Crippen molar-refractivity contribution in [2.24, 2.45) is 0 Å². The molecule has 1 unspecified atom stereocenters. The van der Waals surface area contributed by atoms with Gasteiger partial charge >= 0.3 is 0 Å². The number of rotatable bonds is 4. The summed E-state index contributed by atoms with van der Waals surface area (Å²) in [5.41, 5.74) is 5.67. The van der Waals surface area contributed by atoms with Crippen LogP contribution in [0.5, 0.6) is 0 Å². The number of likely N-dealkylation sites (N-methyl/N-ethyl adjacent to an activating group) is 2. The minimum absolute atomic E-state index is 0.281. The van der Waals surface area contributed by atoms with E-state index in [0.29, 0.717) is 6.04 Å². The Morgan fingerprint density at radius 3 is 2.79 bits per heavy atom. The maximum atomic E-state index is 5.67. The van der Waals surface area contributed by atoms with Gasteiger partial charge in [-0.15, -0.1) is 0 Å². The van der Waals surface area contributed by atoms with Gasteiger partial charge in [0, 0.05) is 45.3 Å². The van der Waals surface area contributed by atoms with Crippen LogP contribution in [-0.2, 0) is 0 Å². The van der Waals surface area contributed by atoms with E-state index in [0.717, 1.165) is 37.8 Å². The first-order valence-electron chi connectivity index (χ1n) is 6.53. The zero-order chi connectivity index (χ0) is 13.8. The molecule has 1 atom stereocenters. The number of piperazine rings is 1. The summed E-state index contributed by atoms with van der Waals surface area (Å²) < 4.78 is 0. The molecule has 7 heteroatoms. The first kappa shape index (κ1) is 13.8. The highest BCUT2D eigenvalue weighted by atomic mass is 15.3. The summed E-state index contributed by atoms with van der Waals surface area (Å²) in [5, 5.41) is 6.31. The lowest BCUT2D eigenvalue weighted by molar-refractivity contribution is 0.122. The Morgan fingerprint density at radius 2 is 2.05 bits per heavy atom. The number of nitrogens with one attached hydrogen (secondary N) is 2. The second kappa shape index (κ2) is 6.03. The van der Waals surface area contributed by atoms with Gasteiger partial charge in [-0.2, -0.15) is 9.97 Å². The molecule has 19 heavy (non-hydrogen) atoms. The van der Waals surface area contributed by atoms with E-state index in [-0.39, 0.29) is 5.95 Å².